The fourth-order valence-corrected chi connectivity index (χ4v) is 2.01. The maximum Gasteiger partial charge on any atom is 0.202 e. The first-order chi connectivity index (χ1) is 9.78. The first-order valence-electron chi connectivity index (χ1n) is 7.48. The van der Waals surface area contributed by atoms with Crippen molar-refractivity contribution in [2.45, 2.75) is 75.9 Å². The van der Waals surface area contributed by atoms with Gasteiger partial charge in [-0.1, -0.05) is 39.0 Å². The van der Waals surface area contributed by atoms with Crippen molar-refractivity contribution in [2.75, 3.05) is 6.61 Å². The van der Waals surface area contributed by atoms with Crippen LogP contribution in [0.15, 0.2) is 0 Å². The standard InChI is InChI=1S/C14H29NO6/c1-2-3-4-5-6-7-8-11(18)14(15,21)13(20)12(19)10(17)9-16/h10,12-13,16-17,19-21H,2-9,15H2,1H3/t10-,12-,13+,14-/m1/s1. The minimum Gasteiger partial charge on any atom is -0.394 e. The lowest BCUT2D eigenvalue weighted by Gasteiger charge is -2.32. The normalized spacial score (nSPS) is 18.8. The molecule has 0 saturated carbocycles. The average Bonchev–Trinajstić information content (AvgIpc) is 2.47. The molecule has 7 N–H and O–H groups in total. The van der Waals surface area contributed by atoms with Gasteiger partial charge in [-0.25, -0.2) is 0 Å². The van der Waals surface area contributed by atoms with E-state index in [1.807, 2.05) is 0 Å². The minimum atomic E-state index is -2.64. The molecule has 0 heterocycles. The Morgan fingerprint density at radius 1 is 1.10 bits per heavy atom. The molecule has 4 atom stereocenters. The van der Waals surface area contributed by atoms with Gasteiger partial charge in [-0.05, 0) is 6.42 Å². The highest BCUT2D eigenvalue weighted by atomic mass is 16.4. The Morgan fingerprint density at radius 3 is 2.14 bits per heavy atom. The van der Waals surface area contributed by atoms with E-state index in [0.717, 1.165) is 32.1 Å². The summed E-state index contributed by atoms with van der Waals surface area (Å²) < 4.78 is 0. The van der Waals surface area contributed by atoms with Crippen molar-refractivity contribution < 1.29 is 30.3 Å². The third kappa shape index (κ3) is 6.82. The molecule has 0 fully saturated rings. The van der Waals surface area contributed by atoms with Gasteiger partial charge in [-0.15, -0.1) is 0 Å². The van der Waals surface area contributed by atoms with Crippen molar-refractivity contribution in [1.82, 2.24) is 0 Å². The number of hydrogen-bond acceptors (Lipinski definition) is 7. The Labute approximate surface area is 125 Å². The molecule has 0 unspecified atom stereocenters. The zero-order valence-corrected chi connectivity index (χ0v) is 12.6. The van der Waals surface area contributed by atoms with Gasteiger partial charge in [0.1, 0.15) is 18.3 Å². The molecule has 21 heavy (non-hydrogen) atoms. The summed E-state index contributed by atoms with van der Waals surface area (Å²) in [5, 5.41) is 46.9. The quantitative estimate of drug-likeness (QED) is 0.201. The Kier molecular flexibility index (Phi) is 9.93. The molecule has 0 bridgehead atoms. The molecule has 0 aromatic carbocycles. The second kappa shape index (κ2) is 10.2. The van der Waals surface area contributed by atoms with Crippen LogP contribution in [0.3, 0.4) is 0 Å². The molecule has 0 rings (SSSR count). The van der Waals surface area contributed by atoms with Gasteiger partial charge in [0.2, 0.25) is 5.72 Å². The van der Waals surface area contributed by atoms with E-state index >= 15 is 0 Å². The van der Waals surface area contributed by atoms with E-state index in [2.05, 4.69) is 6.92 Å². The van der Waals surface area contributed by atoms with Crippen molar-refractivity contribution in [2.24, 2.45) is 5.73 Å². The van der Waals surface area contributed by atoms with Gasteiger partial charge in [0.25, 0.3) is 0 Å². The van der Waals surface area contributed by atoms with E-state index in [0.29, 0.717) is 6.42 Å². The molecule has 7 nitrogen and oxygen atoms in total. The number of carbonyl (C=O) groups excluding carboxylic acids is 1. The maximum absolute atomic E-state index is 11.8. The first-order valence-corrected chi connectivity index (χ1v) is 7.48. The molecule has 7 heteroatoms. The van der Waals surface area contributed by atoms with E-state index in [1.54, 1.807) is 0 Å². The van der Waals surface area contributed by atoms with Crippen LogP contribution in [0.4, 0.5) is 0 Å². The van der Waals surface area contributed by atoms with E-state index in [-0.39, 0.29) is 6.42 Å². The predicted molar refractivity (Wildman–Crippen MR) is 77.2 cm³/mol. The molecule has 0 radical (unpaired) electrons. The zero-order chi connectivity index (χ0) is 16.5. The summed E-state index contributed by atoms with van der Waals surface area (Å²) in [6, 6.07) is 0. The highest BCUT2D eigenvalue weighted by Crippen LogP contribution is 2.16. The molecule has 126 valence electrons. The Balaban J connectivity index is 4.25. The number of carbonyl (C=O) groups is 1. The number of aliphatic hydroxyl groups excluding tert-OH is 4. The Bertz CT molecular complexity index is 297. The zero-order valence-electron chi connectivity index (χ0n) is 12.6. The minimum absolute atomic E-state index is 0.0157. The highest BCUT2D eigenvalue weighted by molar-refractivity contribution is 5.87. The number of unbranched alkanes of at least 4 members (excludes halogenated alkanes) is 5. The van der Waals surface area contributed by atoms with Gasteiger partial charge in [0.05, 0.1) is 6.61 Å². The molecule has 0 saturated heterocycles. The lowest BCUT2D eigenvalue weighted by molar-refractivity contribution is -0.173. The van der Waals surface area contributed by atoms with E-state index in [1.165, 1.54) is 0 Å². The van der Waals surface area contributed by atoms with Crippen molar-refractivity contribution in [3.8, 4) is 0 Å². The second-order valence-corrected chi connectivity index (χ2v) is 5.45. The van der Waals surface area contributed by atoms with Crippen molar-refractivity contribution in [1.29, 1.82) is 0 Å². The number of hydrogen-bond donors (Lipinski definition) is 6. The maximum atomic E-state index is 11.8. The second-order valence-electron chi connectivity index (χ2n) is 5.45. The van der Waals surface area contributed by atoms with Crippen LogP contribution in [-0.2, 0) is 4.79 Å². The van der Waals surface area contributed by atoms with Crippen LogP contribution in [0.5, 0.6) is 0 Å². The lowest BCUT2D eigenvalue weighted by atomic mass is 9.92. The molecular weight excluding hydrogens is 278 g/mol. The molecule has 0 aliphatic rings. The Hall–Kier alpha value is -0.570. The van der Waals surface area contributed by atoms with Crippen molar-refractivity contribution >= 4 is 5.78 Å². The van der Waals surface area contributed by atoms with Crippen LogP contribution in [-0.4, -0.2) is 62.0 Å². The van der Waals surface area contributed by atoms with Crippen LogP contribution in [0.2, 0.25) is 0 Å². The molecule has 0 aromatic rings. The van der Waals surface area contributed by atoms with E-state index in [9.17, 15) is 25.2 Å². The number of Topliss-reactive ketones (excluding diaryl/α,β-unsaturated/α-hetero) is 1. The van der Waals surface area contributed by atoms with Gasteiger partial charge in [-0.3, -0.25) is 10.5 Å². The van der Waals surface area contributed by atoms with Crippen molar-refractivity contribution in [3.05, 3.63) is 0 Å². The van der Waals surface area contributed by atoms with Crippen LogP contribution in [0.25, 0.3) is 0 Å². The summed E-state index contributed by atoms with van der Waals surface area (Å²) in [4.78, 5) is 11.8. The van der Waals surface area contributed by atoms with Crippen LogP contribution in [0, 0.1) is 0 Å². The van der Waals surface area contributed by atoms with Crippen LogP contribution in [0.1, 0.15) is 51.9 Å². The summed E-state index contributed by atoms with van der Waals surface area (Å²) in [5.41, 5.74) is 2.72. The van der Waals surface area contributed by atoms with Gasteiger partial charge in [-0.2, -0.15) is 0 Å². The predicted octanol–water partition coefficient (Wildman–Crippen LogP) is -0.972. The van der Waals surface area contributed by atoms with Gasteiger partial charge < -0.3 is 25.5 Å². The number of ketones is 1. The third-order valence-corrected chi connectivity index (χ3v) is 3.56. The van der Waals surface area contributed by atoms with Gasteiger partial charge in [0.15, 0.2) is 5.78 Å². The van der Waals surface area contributed by atoms with Gasteiger partial charge in [0, 0.05) is 6.42 Å². The third-order valence-electron chi connectivity index (χ3n) is 3.56. The Morgan fingerprint density at radius 2 is 1.62 bits per heavy atom. The smallest absolute Gasteiger partial charge is 0.202 e. The summed E-state index contributed by atoms with van der Waals surface area (Å²) in [7, 11) is 0. The monoisotopic (exact) mass is 307 g/mol. The fourth-order valence-electron chi connectivity index (χ4n) is 2.01. The number of rotatable bonds is 12. The number of aliphatic hydroxyl groups is 5. The van der Waals surface area contributed by atoms with Crippen molar-refractivity contribution in [3.63, 3.8) is 0 Å². The van der Waals surface area contributed by atoms with Crippen LogP contribution < -0.4 is 5.73 Å². The van der Waals surface area contributed by atoms with Gasteiger partial charge >= 0.3 is 0 Å². The molecule has 0 aromatic heterocycles. The SMILES string of the molecule is CCCCCCCCC(=O)[C@@](N)(O)[C@@H](O)[C@H](O)[C@H](O)CO. The molecule has 0 aliphatic carbocycles. The largest absolute Gasteiger partial charge is 0.394 e. The van der Waals surface area contributed by atoms with Crippen LogP contribution >= 0.6 is 0 Å². The molecule has 0 spiro atoms. The average molecular weight is 307 g/mol. The lowest BCUT2D eigenvalue weighted by Crippen LogP contribution is -2.63. The molecule has 0 aliphatic heterocycles. The fraction of sp³-hybridized carbons (Fsp3) is 0.929. The van der Waals surface area contributed by atoms with E-state index < -0.39 is 36.4 Å². The topological polar surface area (TPSA) is 144 Å². The summed E-state index contributed by atoms with van der Waals surface area (Å²) in [6.07, 6.45) is 0.0192. The van der Waals surface area contributed by atoms with E-state index in [4.69, 9.17) is 10.8 Å². The summed E-state index contributed by atoms with van der Waals surface area (Å²) in [6.45, 7) is 1.28. The molecule has 0 amide bonds. The summed E-state index contributed by atoms with van der Waals surface area (Å²) in [5.74, 6) is -0.797. The first kappa shape index (κ1) is 20.4. The molecular formula is C14H29NO6. The summed E-state index contributed by atoms with van der Waals surface area (Å²) >= 11 is 0. The highest BCUT2D eigenvalue weighted by Gasteiger charge is 2.44. The number of nitrogens with two attached hydrogens (primary N) is 1.